The fraction of sp³-hybridized carbons (Fsp3) is 0.200. The molecule has 1 N–H and O–H groups in total. The van der Waals surface area contributed by atoms with Gasteiger partial charge in [0.1, 0.15) is 0 Å². The van der Waals surface area contributed by atoms with Gasteiger partial charge in [-0.05, 0) is 24.1 Å². The molecule has 0 heterocycles. The highest BCUT2D eigenvalue weighted by molar-refractivity contribution is 6.31. The highest BCUT2D eigenvalue weighted by Gasteiger charge is 2.16. The summed E-state index contributed by atoms with van der Waals surface area (Å²) in [6, 6.07) is 12.6. The maximum Gasteiger partial charge on any atom is 0.275 e. The minimum absolute atomic E-state index is 0.0407. The van der Waals surface area contributed by atoms with Crippen molar-refractivity contribution in [3.63, 3.8) is 0 Å². The third kappa shape index (κ3) is 3.08. The molecule has 0 aliphatic carbocycles. The van der Waals surface area contributed by atoms with Crippen LogP contribution < -0.4 is 5.32 Å². The van der Waals surface area contributed by atoms with Crippen LogP contribution in [-0.2, 0) is 13.0 Å². The van der Waals surface area contributed by atoms with Crippen molar-refractivity contribution in [3.8, 4) is 0 Å². The number of nitro groups is 1. The molecule has 0 aliphatic rings. The number of hydrogen-bond donors (Lipinski definition) is 1. The maximum absolute atomic E-state index is 11.0. The Labute approximate surface area is 122 Å². The van der Waals surface area contributed by atoms with Gasteiger partial charge in [0.25, 0.3) is 5.69 Å². The van der Waals surface area contributed by atoms with Crippen molar-refractivity contribution in [1.82, 2.24) is 0 Å². The van der Waals surface area contributed by atoms with Gasteiger partial charge in [-0.2, -0.15) is 0 Å². The number of anilines is 1. The van der Waals surface area contributed by atoms with Gasteiger partial charge in [0.2, 0.25) is 0 Å². The summed E-state index contributed by atoms with van der Waals surface area (Å²) >= 11 is 6.07. The fourth-order valence-electron chi connectivity index (χ4n) is 2.08. The first-order valence-electron chi connectivity index (χ1n) is 6.37. The van der Waals surface area contributed by atoms with E-state index in [9.17, 15) is 10.1 Å². The van der Waals surface area contributed by atoms with Gasteiger partial charge in [-0.3, -0.25) is 10.1 Å². The van der Waals surface area contributed by atoms with E-state index >= 15 is 0 Å². The molecular weight excluding hydrogens is 276 g/mol. The Hall–Kier alpha value is -2.07. The first-order valence-corrected chi connectivity index (χ1v) is 6.74. The van der Waals surface area contributed by atoms with Gasteiger partial charge in [0.15, 0.2) is 0 Å². The summed E-state index contributed by atoms with van der Waals surface area (Å²) in [5.74, 6) is 0. The van der Waals surface area contributed by atoms with Gasteiger partial charge in [-0.1, -0.05) is 42.8 Å². The molecule has 0 unspecified atom stereocenters. The zero-order valence-electron chi connectivity index (χ0n) is 11.1. The predicted molar refractivity (Wildman–Crippen MR) is 81.3 cm³/mol. The van der Waals surface area contributed by atoms with E-state index in [0.29, 0.717) is 17.1 Å². The Bertz CT molecular complexity index is 629. The van der Waals surface area contributed by atoms with E-state index in [1.54, 1.807) is 12.1 Å². The number of rotatable bonds is 5. The third-order valence-corrected chi connectivity index (χ3v) is 3.50. The molecule has 0 aliphatic heterocycles. The molecule has 0 amide bonds. The van der Waals surface area contributed by atoms with Gasteiger partial charge in [-0.15, -0.1) is 0 Å². The normalized spacial score (nSPS) is 10.3. The van der Waals surface area contributed by atoms with E-state index in [1.165, 1.54) is 11.6 Å². The topological polar surface area (TPSA) is 55.2 Å². The van der Waals surface area contributed by atoms with Crippen LogP contribution in [0.2, 0.25) is 5.02 Å². The highest BCUT2D eigenvalue weighted by atomic mass is 35.5. The summed E-state index contributed by atoms with van der Waals surface area (Å²) in [7, 11) is 0. The van der Waals surface area contributed by atoms with Crippen LogP contribution in [0.25, 0.3) is 0 Å². The first-order chi connectivity index (χ1) is 9.63. The molecule has 2 rings (SSSR count). The smallest absolute Gasteiger partial charge is 0.275 e. The lowest BCUT2D eigenvalue weighted by Crippen LogP contribution is -2.05. The Balaban J connectivity index is 2.25. The van der Waals surface area contributed by atoms with E-state index in [1.807, 2.05) is 24.3 Å². The molecule has 0 saturated heterocycles. The molecular formula is C15H15ClN2O2. The average molecular weight is 291 g/mol. The van der Waals surface area contributed by atoms with E-state index < -0.39 is 4.92 Å². The van der Waals surface area contributed by atoms with E-state index in [2.05, 4.69) is 12.2 Å². The van der Waals surface area contributed by atoms with Crippen LogP contribution in [0.3, 0.4) is 0 Å². The number of halogens is 1. The van der Waals surface area contributed by atoms with Crippen LogP contribution in [0.1, 0.15) is 18.1 Å². The standard InChI is InChI=1S/C15H15ClN2O2/c1-2-11-6-3-4-8-14(11)17-10-12-13(16)7-5-9-15(12)18(19)20/h3-9,17H,2,10H2,1H3. The molecule has 0 saturated carbocycles. The lowest BCUT2D eigenvalue weighted by molar-refractivity contribution is -0.385. The van der Waals surface area contributed by atoms with Crippen LogP contribution in [0.5, 0.6) is 0 Å². The molecule has 0 fully saturated rings. The molecule has 0 aromatic heterocycles. The van der Waals surface area contributed by atoms with Crippen molar-refractivity contribution in [3.05, 3.63) is 68.7 Å². The zero-order chi connectivity index (χ0) is 14.5. The van der Waals surface area contributed by atoms with Crippen molar-refractivity contribution in [2.45, 2.75) is 19.9 Å². The van der Waals surface area contributed by atoms with Crippen molar-refractivity contribution < 1.29 is 4.92 Å². The Kier molecular flexibility index (Phi) is 4.58. The number of benzene rings is 2. The van der Waals surface area contributed by atoms with Crippen molar-refractivity contribution in [2.75, 3.05) is 5.32 Å². The first kappa shape index (κ1) is 14.3. The summed E-state index contributed by atoms with van der Waals surface area (Å²) in [6.07, 6.45) is 0.897. The molecule has 0 bridgehead atoms. The molecule has 2 aromatic carbocycles. The lowest BCUT2D eigenvalue weighted by Gasteiger charge is -2.12. The summed E-state index contributed by atoms with van der Waals surface area (Å²) in [5, 5.41) is 14.7. The SMILES string of the molecule is CCc1ccccc1NCc1c(Cl)cccc1[N+](=O)[O-]. The van der Waals surface area contributed by atoms with Gasteiger partial charge in [0, 0.05) is 18.3 Å². The van der Waals surface area contributed by atoms with Crippen LogP contribution in [-0.4, -0.2) is 4.92 Å². The average Bonchev–Trinajstić information content (AvgIpc) is 2.46. The van der Waals surface area contributed by atoms with Crippen LogP contribution in [0.15, 0.2) is 42.5 Å². The van der Waals surface area contributed by atoms with Gasteiger partial charge in [0.05, 0.1) is 15.5 Å². The van der Waals surface area contributed by atoms with E-state index in [-0.39, 0.29) is 5.69 Å². The fourth-order valence-corrected chi connectivity index (χ4v) is 2.31. The van der Waals surface area contributed by atoms with E-state index in [4.69, 9.17) is 11.6 Å². The molecule has 0 atom stereocenters. The van der Waals surface area contributed by atoms with Crippen molar-refractivity contribution in [2.24, 2.45) is 0 Å². The van der Waals surface area contributed by atoms with Gasteiger partial charge >= 0.3 is 0 Å². The molecule has 0 radical (unpaired) electrons. The highest BCUT2D eigenvalue weighted by Crippen LogP contribution is 2.27. The Morgan fingerprint density at radius 1 is 1.20 bits per heavy atom. The monoisotopic (exact) mass is 290 g/mol. The summed E-state index contributed by atoms with van der Waals surface area (Å²) < 4.78 is 0. The second kappa shape index (κ2) is 6.39. The minimum atomic E-state index is -0.408. The second-order valence-electron chi connectivity index (χ2n) is 4.36. The number of aryl methyl sites for hydroxylation is 1. The van der Waals surface area contributed by atoms with Crippen LogP contribution in [0, 0.1) is 10.1 Å². The summed E-state index contributed by atoms with van der Waals surface area (Å²) in [5.41, 5.74) is 2.69. The lowest BCUT2D eigenvalue weighted by atomic mass is 10.1. The van der Waals surface area contributed by atoms with Crippen LogP contribution >= 0.6 is 11.6 Å². The molecule has 2 aromatic rings. The number of nitrogens with one attached hydrogen (secondary N) is 1. The van der Waals surface area contributed by atoms with E-state index in [0.717, 1.165) is 12.1 Å². The predicted octanol–water partition coefficient (Wildman–Crippen LogP) is 4.42. The number of nitro benzene ring substituents is 1. The largest absolute Gasteiger partial charge is 0.380 e. The molecule has 4 nitrogen and oxygen atoms in total. The minimum Gasteiger partial charge on any atom is -0.380 e. The Morgan fingerprint density at radius 3 is 2.65 bits per heavy atom. The Morgan fingerprint density at radius 2 is 1.95 bits per heavy atom. The molecule has 104 valence electrons. The molecule has 0 spiro atoms. The number of hydrogen-bond acceptors (Lipinski definition) is 3. The van der Waals surface area contributed by atoms with Crippen molar-refractivity contribution in [1.29, 1.82) is 0 Å². The third-order valence-electron chi connectivity index (χ3n) is 3.14. The van der Waals surface area contributed by atoms with Gasteiger partial charge < -0.3 is 5.32 Å². The number of para-hydroxylation sites is 1. The second-order valence-corrected chi connectivity index (χ2v) is 4.77. The summed E-state index contributed by atoms with van der Waals surface area (Å²) in [4.78, 5) is 10.6. The molecule has 20 heavy (non-hydrogen) atoms. The quantitative estimate of drug-likeness (QED) is 0.655. The zero-order valence-corrected chi connectivity index (χ0v) is 11.9. The van der Waals surface area contributed by atoms with Crippen molar-refractivity contribution >= 4 is 23.0 Å². The number of nitrogens with zero attached hydrogens (tertiary/aromatic N) is 1. The maximum atomic E-state index is 11.0. The summed E-state index contributed by atoms with van der Waals surface area (Å²) in [6.45, 7) is 2.39. The molecule has 5 heteroatoms. The van der Waals surface area contributed by atoms with Crippen LogP contribution in [0.4, 0.5) is 11.4 Å². The van der Waals surface area contributed by atoms with Gasteiger partial charge in [-0.25, -0.2) is 0 Å².